The molecule has 0 heterocycles. The van der Waals surface area contributed by atoms with E-state index in [4.69, 9.17) is 5.11 Å². The first-order valence-corrected chi connectivity index (χ1v) is 10.1. The lowest BCUT2D eigenvalue weighted by Crippen LogP contribution is -2.27. The van der Waals surface area contributed by atoms with Crippen LogP contribution in [-0.4, -0.2) is 24.2 Å². The van der Waals surface area contributed by atoms with Gasteiger partial charge in [0.15, 0.2) is 0 Å². The minimum Gasteiger partial charge on any atom is -0.395 e. The Labute approximate surface area is 182 Å². The van der Waals surface area contributed by atoms with Crippen LogP contribution in [0.1, 0.15) is 16.7 Å². The quantitative estimate of drug-likeness (QED) is 0.413. The van der Waals surface area contributed by atoms with Crippen molar-refractivity contribution in [2.75, 3.05) is 18.1 Å². The van der Waals surface area contributed by atoms with Gasteiger partial charge in [-0.2, -0.15) is 5.26 Å². The SMILES string of the molecule is N#C/C(=C\c1ccc(N(Cc2ccccc2)Cc2ccccc2)cc1)C(=O)NCCO. The van der Waals surface area contributed by atoms with E-state index in [1.807, 2.05) is 66.7 Å². The molecule has 3 aromatic rings. The molecule has 5 heteroatoms. The maximum Gasteiger partial charge on any atom is 0.262 e. The highest BCUT2D eigenvalue weighted by Gasteiger charge is 2.10. The fourth-order valence-electron chi connectivity index (χ4n) is 3.21. The number of nitrogens with one attached hydrogen (secondary N) is 1. The first-order chi connectivity index (χ1) is 15.2. The summed E-state index contributed by atoms with van der Waals surface area (Å²) in [7, 11) is 0. The van der Waals surface area contributed by atoms with Gasteiger partial charge in [-0.15, -0.1) is 0 Å². The van der Waals surface area contributed by atoms with E-state index in [1.165, 1.54) is 11.1 Å². The Balaban J connectivity index is 1.82. The van der Waals surface area contributed by atoms with Crippen LogP contribution in [0.5, 0.6) is 0 Å². The minimum absolute atomic E-state index is 0.00614. The van der Waals surface area contributed by atoms with Crippen molar-refractivity contribution in [3.8, 4) is 6.07 Å². The van der Waals surface area contributed by atoms with Crippen molar-refractivity contribution in [2.24, 2.45) is 0 Å². The van der Waals surface area contributed by atoms with Crippen molar-refractivity contribution < 1.29 is 9.90 Å². The van der Waals surface area contributed by atoms with Crippen LogP contribution in [0.2, 0.25) is 0 Å². The molecular weight excluding hydrogens is 386 g/mol. The van der Waals surface area contributed by atoms with Gasteiger partial charge in [-0.1, -0.05) is 72.8 Å². The zero-order valence-corrected chi connectivity index (χ0v) is 17.2. The van der Waals surface area contributed by atoms with Gasteiger partial charge in [0.05, 0.1) is 6.61 Å². The van der Waals surface area contributed by atoms with E-state index >= 15 is 0 Å². The second-order valence-corrected chi connectivity index (χ2v) is 7.07. The third kappa shape index (κ3) is 6.56. The number of nitrogens with zero attached hydrogens (tertiary/aromatic N) is 2. The molecule has 2 N–H and O–H groups in total. The normalized spacial score (nSPS) is 10.9. The van der Waals surface area contributed by atoms with E-state index in [0.29, 0.717) is 0 Å². The fourth-order valence-corrected chi connectivity index (χ4v) is 3.21. The van der Waals surface area contributed by atoms with E-state index in [0.717, 1.165) is 24.3 Å². The van der Waals surface area contributed by atoms with Gasteiger partial charge >= 0.3 is 0 Å². The summed E-state index contributed by atoms with van der Waals surface area (Å²) in [5, 5.41) is 20.6. The van der Waals surface area contributed by atoms with E-state index in [-0.39, 0.29) is 18.7 Å². The topological polar surface area (TPSA) is 76.4 Å². The number of aliphatic hydroxyl groups excluding tert-OH is 1. The van der Waals surface area contributed by atoms with Crippen LogP contribution in [0.15, 0.2) is 90.5 Å². The monoisotopic (exact) mass is 411 g/mol. The fraction of sp³-hybridized carbons (Fsp3) is 0.154. The van der Waals surface area contributed by atoms with Crippen LogP contribution in [0.25, 0.3) is 6.08 Å². The van der Waals surface area contributed by atoms with Crippen molar-refractivity contribution in [1.29, 1.82) is 5.26 Å². The summed E-state index contributed by atoms with van der Waals surface area (Å²) in [6.07, 6.45) is 1.55. The second-order valence-electron chi connectivity index (χ2n) is 7.07. The average molecular weight is 412 g/mol. The average Bonchev–Trinajstić information content (AvgIpc) is 2.82. The molecule has 0 aliphatic carbocycles. The highest BCUT2D eigenvalue weighted by atomic mass is 16.3. The Hall–Kier alpha value is -3.88. The molecule has 156 valence electrons. The minimum atomic E-state index is -0.490. The molecule has 0 unspecified atom stereocenters. The largest absolute Gasteiger partial charge is 0.395 e. The van der Waals surface area contributed by atoms with Crippen LogP contribution in [0.4, 0.5) is 5.69 Å². The molecule has 5 nitrogen and oxygen atoms in total. The molecule has 3 aromatic carbocycles. The number of carbonyl (C=O) groups is 1. The Morgan fingerprint density at radius 2 is 1.45 bits per heavy atom. The van der Waals surface area contributed by atoms with Crippen LogP contribution >= 0.6 is 0 Å². The molecule has 0 spiro atoms. The maximum absolute atomic E-state index is 12.0. The van der Waals surface area contributed by atoms with Gasteiger partial charge in [0.1, 0.15) is 11.6 Å². The first-order valence-electron chi connectivity index (χ1n) is 10.1. The molecule has 0 saturated heterocycles. The van der Waals surface area contributed by atoms with Gasteiger partial charge < -0.3 is 15.3 Å². The molecule has 0 atom stereocenters. The number of anilines is 1. The molecule has 0 saturated carbocycles. The Bertz CT molecular complexity index is 998. The van der Waals surface area contributed by atoms with Crippen LogP contribution in [0, 0.1) is 11.3 Å². The van der Waals surface area contributed by atoms with Crippen LogP contribution < -0.4 is 10.2 Å². The lowest BCUT2D eigenvalue weighted by molar-refractivity contribution is -0.117. The predicted octanol–water partition coefficient (Wildman–Crippen LogP) is 3.91. The highest BCUT2D eigenvalue weighted by molar-refractivity contribution is 6.01. The number of amides is 1. The summed E-state index contributed by atoms with van der Waals surface area (Å²) in [6, 6.07) is 30.3. The van der Waals surface area contributed by atoms with Crippen molar-refractivity contribution in [1.82, 2.24) is 5.32 Å². The van der Waals surface area contributed by atoms with Gasteiger partial charge in [0, 0.05) is 25.3 Å². The van der Waals surface area contributed by atoms with E-state index in [1.54, 1.807) is 6.08 Å². The van der Waals surface area contributed by atoms with Crippen molar-refractivity contribution in [3.63, 3.8) is 0 Å². The van der Waals surface area contributed by atoms with Crippen molar-refractivity contribution in [2.45, 2.75) is 13.1 Å². The zero-order valence-electron chi connectivity index (χ0n) is 17.2. The summed E-state index contributed by atoms with van der Waals surface area (Å²) in [4.78, 5) is 14.3. The lowest BCUT2D eigenvalue weighted by Gasteiger charge is -2.25. The molecule has 0 radical (unpaired) electrons. The number of nitriles is 1. The van der Waals surface area contributed by atoms with Crippen molar-refractivity contribution >= 4 is 17.7 Å². The summed E-state index contributed by atoms with van der Waals surface area (Å²) >= 11 is 0. The number of rotatable bonds is 9. The van der Waals surface area contributed by atoms with Gasteiger partial charge in [-0.05, 0) is 34.9 Å². The molecule has 0 aliphatic heterocycles. The number of benzene rings is 3. The molecule has 0 fully saturated rings. The number of hydrogen-bond donors (Lipinski definition) is 2. The Kier molecular flexibility index (Phi) is 7.98. The van der Waals surface area contributed by atoms with E-state index in [9.17, 15) is 10.1 Å². The standard InChI is InChI=1S/C26H25N3O2/c27-18-24(26(31)28-15-16-30)17-21-11-13-25(14-12-21)29(19-22-7-3-1-4-8-22)20-23-9-5-2-6-10-23/h1-14,17,30H,15-16,19-20H2,(H,28,31)/b24-17+. The second kappa shape index (κ2) is 11.3. The molecule has 0 aromatic heterocycles. The molecule has 31 heavy (non-hydrogen) atoms. The van der Waals surface area contributed by atoms with Crippen molar-refractivity contribution in [3.05, 3.63) is 107 Å². The number of aliphatic hydroxyl groups is 1. The maximum atomic E-state index is 12.0. The van der Waals surface area contributed by atoms with Gasteiger partial charge in [0.25, 0.3) is 5.91 Å². The lowest BCUT2D eigenvalue weighted by atomic mass is 10.1. The third-order valence-corrected chi connectivity index (χ3v) is 4.76. The Morgan fingerprint density at radius 1 is 0.903 bits per heavy atom. The summed E-state index contributed by atoms with van der Waals surface area (Å²) < 4.78 is 0. The van der Waals surface area contributed by atoms with E-state index in [2.05, 4.69) is 34.5 Å². The van der Waals surface area contributed by atoms with Crippen LogP contribution in [0.3, 0.4) is 0 Å². The Morgan fingerprint density at radius 3 is 1.94 bits per heavy atom. The molecular formula is C26H25N3O2. The summed E-state index contributed by atoms with van der Waals surface area (Å²) in [5.41, 5.74) is 4.25. The predicted molar refractivity (Wildman–Crippen MR) is 123 cm³/mol. The smallest absolute Gasteiger partial charge is 0.262 e. The molecule has 0 bridgehead atoms. The summed E-state index contributed by atoms with van der Waals surface area (Å²) in [6.45, 7) is 1.47. The zero-order chi connectivity index (χ0) is 21.9. The number of hydrogen-bond acceptors (Lipinski definition) is 4. The summed E-state index contributed by atoms with van der Waals surface area (Å²) in [5.74, 6) is -0.490. The number of carbonyl (C=O) groups excluding carboxylic acids is 1. The highest BCUT2D eigenvalue weighted by Crippen LogP contribution is 2.22. The third-order valence-electron chi connectivity index (χ3n) is 4.76. The van der Waals surface area contributed by atoms with E-state index < -0.39 is 5.91 Å². The van der Waals surface area contributed by atoms with Crippen LogP contribution in [-0.2, 0) is 17.9 Å². The first kappa shape index (κ1) is 21.8. The molecule has 3 rings (SSSR count). The van der Waals surface area contributed by atoms with Gasteiger partial charge in [-0.25, -0.2) is 0 Å². The molecule has 0 aliphatic rings. The molecule has 1 amide bonds. The van der Waals surface area contributed by atoms with Gasteiger partial charge in [-0.3, -0.25) is 4.79 Å². The van der Waals surface area contributed by atoms with Gasteiger partial charge in [0.2, 0.25) is 0 Å².